The number of halogens is 1. The molecular formula is C15H16ClNO2. The summed E-state index contributed by atoms with van der Waals surface area (Å²) in [4.78, 5) is 4.36. The molecule has 0 atom stereocenters. The number of hydrogen-bond donors (Lipinski definition) is 0. The maximum absolute atomic E-state index is 5.80. The number of benzene rings is 1. The Labute approximate surface area is 118 Å². The van der Waals surface area contributed by atoms with Crippen molar-refractivity contribution in [1.29, 1.82) is 0 Å². The van der Waals surface area contributed by atoms with E-state index in [-0.39, 0.29) is 0 Å². The van der Waals surface area contributed by atoms with Gasteiger partial charge in [-0.1, -0.05) is 18.2 Å². The van der Waals surface area contributed by atoms with Gasteiger partial charge in [-0.15, -0.1) is 11.6 Å². The summed E-state index contributed by atoms with van der Waals surface area (Å²) < 4.78 is 10.8. The van der Waals surface area contributed by atoms with Gasteiger partial charge in [-0.05, 0) is 30.2 Å². The molecule has 0 N–H and O–H groups in total. The van der Waals surface area contributed by atoms with Crippen LogP contribution in [0.4, 0.5) is 0 Å². The van der Waals surface area contributed by atoms with Gasteiger partial charge < -0.3 is 9.47 Å². The molecule has 100 valence electrons. The van der Waals surface area contributed by atoms with Crippen molar-refractivity contribution >= 4 is 11.6 Å². The molecule has 0 saturated carbocycles. The molecule has 0 aliphatic carbocycles. The van der Waals surface area contributed by atoms with Crippen LogP contribution in [0.5, 0.6) is 11.6 Å². The van der Waals surface area contributed by atoms with Crippen molar-refractivity contribution < 1.29 is 9.47 Å². The van der Waals surface area contributed by atoms with Crippen molar-refractivity contribution in [2.45, 2.75) is 19.4 Å². The number of rotatable bonds is 5. The second-order valence-electron chi connectivity index (χ2n) is 4.17. The molecule has 0 aliphatic heterocycles. The number of pyridine rings is 1. The summed E-state index contributed by atoms with van der Waals surface area (Å²) in [5.41, 5.74) is 2.97. The van der Waals surface area contributed by atoms with E-state index in [1.807, 2.05) is 43.3 Å². The second kappa shape index (κ2) is 6.43. The molecule has 1 heterocycles. The fourth-order valence-corrected chi connectivity index (χ4v) is 1.99. The Balaban J connectivity index is 2.03. The average Bonchev–Trinajstić information content (AvgIpc) is 2.45. The summed E-state index contributed by atoms with van der Waals surface area (Å²) in [6, 6.07) is 11.6. The van der Waals surface area contributed by atoms with Crippen LogP contribution >= 0.6 is 11.6 Å². The van der Waals surface area contributed by atoms with E-state index in [0.717, 1.165) is 22.6 Å². The minimum atomic E-state index is 0.462. The van der Waals surface area contributed by atoms with E-state index < -0.39 is 0 Å². The van der Waals surface area contributed by atoms with Crippen molar-refractivity contribution in [3.8, 4) is 11.6 Å². The van der Waals surface area contributed by atoms with E-state index in [9.17, 15) is 0 Å². The van der Waals surface area contributed by atoms with Crippen LogP contribution in [0.2, 0.25) is 0 Å². The molecule has 2 rings (SSSR count). The Bertz CT molecular complexity index is 558. The number of methoxy groups -OCH3 is 1. The van der Waals surface area contributed by atoms with Crippen molar-refractivity contribution in [1.82, 2.24) is 4.98 Å². The molecule has 0 bridgehead atoms. The quantitative estimate of drug-likeness (QED) is 0.781. The third kappa shape index (κ3) is 3.61. The zero-order chi connectivity index (χ0) is 13.7. The first-order valence-electron chi connectivity index (χ1n) is 6.01. The molecule has 0 amide bonds. The molecule has 1 aromatic carbocycles. The highest BCUT2D eigenvalue weighted by atomic mass is 35.5. The zero-order valence-electron chi connectivity index (χ0n) is 11.0. The van der Waals surface area contributed by atoms with Gasteiger partial charge in [-0.25, -0.2) is 4.98 Å². The van der Waals surface area contributed by atoms with Crippen molar-refractivity contribution in [2.24, 2.45) is 0 Å². The highest BCUT2D eigenvalue weighted by molar-refractivity contribution is 6.17. The highest BCUT2D eigenvalue weighted by Gasteiger charge is 2.03. The fraction of sp³-hybridized carbons (Fsp3) is 0.267. The molecule has 0 spiro atoms. The van der Waals surface area contributed by atoms with Gasteiger partial charge in [0.25, 0.3) is 0 Å². The lowest BCUT2D eigenvalue weighted by molar-refractivity contribution is 0.292. The van der Waals surface area contributed by atoms with E-state index in [2.05, 4.69) is 4.98 Å². The predicted molar refractivity (Wildman–Crippen MR) is 75.9 cm³/mol. The van der Waals surface area contributed by atoms with Gasteiger partial charge in [0.1, 0.15) is 12.4 Å². The molecule has 0 fully saturated rings. The van der Waals surface area contributed by atoms with E-state index in [1.54, 1.807) is 7.11 Å². The molecule has 0 unspecified atom stereocenters. The number of ether oxygens (including phenoxy) is 2. The van der Waals surface area contributed by atoms with Crippen LogP contribution < -0.4 is 9.47 Å². The first kappa shape index (κ1) is 13.7. The Morgan fingerprint density at radius 2 is 2.05 bits per heavy atom. The largest absolute Gasteiger partial charge is 0.497 e. The number of alkyl halides is 1. The highest BCUT2D eigenvalue weighted by Crippen LogP contribution is 2.17. The minimum absolute atomic E-state index is 0.462. The first-order valence-corrected chi connectivity index (χ1v) is 6.54. The minimum Gasteiger partial charge on any atom is -0.497 e. The van der Waals surface area contributed by atoms with Gasteiger partial charge >= 0.3 is 0 Å². The molecule has 4 heteroatoms. The van der Waals surface area contributed by atoms with Crippen LogP contribution in [-0.2, 0) is 12.5 Å². The van der Waals surface area contributed by atoms with Crippen molar-refractivity contribution in [2.75, 3.05) is 7.11 Å². The van der Waals surface area contributed by atoms with Crippen LogP contribution in [0, 0.1) is 6.92 Å². The average molecular weight is 278 g/mol. The van der Waals surface area contributed by atoms with Crippen LogP contribution in [0.15, 0.2) is 36.4 Å². The maximum Gasteiger partial charge on any atom is 0.213 e. The summed E-state index contributed by atoms with van der Waals surface area (Å²) >= 11 is 5.80. The molecule has 19 heavy (non-hydrogen) atoms. The second-order valence-corrected chi connectivity index (χ2v) is 4.44. The Kier molecular flexibility index (Phi) is 4.63. The number of aromatic nitrogens is 1. The lowest BCUT2D eigenvalue weighted by atomic mass is 10.2. The van der Waals surface area contributed by atoms with Gasteiger partial charge in [0.05, 0.1) is 7.11 Å². The summed E-state index contributed by atoms with van der Waals surface area (Å²) in [5, 5.41) is 0. The summed E-state index contributed by atoms with van der Waals surface area (Å²) in [7, 11) is 1.65. The van der Waals surface area contributed by atoms with Crippen molar-refractivity contribution in [3.05, 3.63) is 53.2 Å². The normalized spacial score (nSPS) is 10.3. The molecule has 2 aromatic rings. The third-order valence-electron chi connectivity index (χ3n) is 2.83. The molecule has 0 saturated heterocycles. The number of hydrogen-bond acceptors (Lipinski definition) is 3. The molecule has 0 aliphatic rings. The lowest BCUT2D eigenvalue weighted by Crippen LogP contribution is -1.99. The van der Waals surface area contributed by atoms with Gasteiger partial charge in [-0.2, -0.15) is 0 Å². The van der Waals surface area contributed by atoms with E-state index >= 15 is 0 Å². The first-order chi connectivity index (χ1) is 9.22. The van der Waals surface area contributed by atoms with E-state index in [0.29, 0.717) is 18.4 Å². The van der Waals surface area contributed by atoms with Gasteiger partial charge in [-0.3, -0.25) is 0 Å². The summed E-state index contributed by atoms with van der Waals surface area (Å²) in [6.45, 7) is 2.39. The number of aryl methyl sites for hydroxylation is 1. The third-order valence-corrected chi connectivity index (χ3v) is 3.12. The Morgan fingerprint density at radius 3 is 2.74 bits per heavy atom. The Morgan fingerprint density at radius 1 is 1.21 bits per heavy atom. The standard InChI is InChI=1S/C15H16ClNO2/c1-11-13(9-16)6-7-15(17-11)19-10-12-4-3-5-14(8-12)18-2/h3-8H,9-10H2,1-2H3. The fourth-order valence-electron chi connectivity index (χ4n) is 1.71. The SMILES string of the molecule is COc1cccc(COc2ccc(CCl)c(C)n2)c1. The van der Waals surface area contributed by atoms with Gasteiger partial charge in [0, 0.05) is 17.6 Å². The van der Waals surface area contributed by atoms with Gasteiger partial charge in [0.2, 0.25) is 5.88 Å². The van der Waals surface area contributed by atoms with E-state index in [1.165, 1.54) is 0 Å². The summed E-state index contributed by atoms with van der Waals surface area (Å²) in [5.74, 6) is 1.89. The lowest BCUT2D eigenvalue weighted by Gasteiger charge is -2.08. The Hall–Kier alpha value is -1.74. The van der Waals surface area contributed by atoms with Crippen molar-refractivity contribution in [3.63, 3.8) is 0 Å². The molecule has 1 aromatic heterocycles. The smallest absolute Gasteiger partial charge is 0.213 e. The topological polar surface area (TPSA) is 31.4 Å². The molecule has 0 radical (unpaired) electrons. The monoisotopic (exact) mass is 277 g/mol. The maximum atomic E-state index is 5.80. The van der Waals surface area contributed by atoms with Crippen LogP contribution in [-0.4, -0.2) is 12.1 Å². The predicted octanol–water partition coefficient (Wildman–Crippen LogP) is 3.72. The van der Waals surface area contributed by atoms with Crippen LogP contribution in [0.25, 0.3) is 0 Å². The number of nitrogens with zero attached hydrogens (tertiary/aromatic N) is 1. The molecular weight excluding hydrogens is 262 g/mol. The van der Waals surface area contributed by atoms with E-state index in [4.69, 9.17) is 21.1 Å². The molecule has 3 nitrogen and oxygen atoms in total. The summed E-state index contributed by atoms with van der Waals surface area (Å²) in [6.07, 6.45) is 0. The van der Waals surface area contributed by atoms with Crippen LogP contribution in [0.1, 0.15) is 16.8 Å². The van der Waals surface area contributed by atoms with Gasteiger partial charge in [0.15, 0.2) is 0 Å². The zero-order valence-corrected chi connectivity index (χ0v) is 11.8. The van der Waals surface area contributed by atoms with Crippen LogP contribution in [0.3, 0.4) is 0 Å².